The standard InChI is InChI=1S/C13H28N2O2S/c1-4-13(5-2,6-3)15-18(16,17)11-12-8-7-9-14-10-12/h12,14-15H,4-11H2,1-3H3. The Balaban J connectivity index is 2.62. The Hall–Kier alpha value is -0.130. The Labute approximate surface area is 112 Å². The monoisotopic (exact) mass is 276 g/mol. The summed E-state index contributed by atoms with van der Waals surface area (Å²) in [6.07, 6.45) is 4.65. The summed E-state index contributed by atoms with van der Waals surface area (Å²) in [6.45, 7) is 8.01. The Bertz CT molecular complexity index is 323. The Morgan fingerprint density at radius 1 is 1.22 bits per heavy atom. The smallest absolute Gasteiger partial charge is 0.212 e. The number of sulfonamides is 1. The van der Waals surface area contributed by atoms with Crippen LogP contribution >= 0.6 is 0 Å². The van der Waals surface area contributed by atoms with Crippen molar-refractivity contribution in [3.05, 3.63) is 0 Å². The van der Waals surface area contributed by atoms with Gasteiger partial charge in [-0.05, 0) is 51.1 Å². The molecule has 1 aliphatic rings. The number of piperidine rings is 1. The molecule has 0 aromatic heterocycles. The van der Waals surface area contributed by atoms with Crippen molar-refractivity contribution >= 4 is 10.0 Å². The van der Waals surface area contributed by atoms with E-state index < -0.39 is 10.0 Å². The summed E-state index contributed by atoms with van der Waals surface area (Å²) in [5.41, 5.74) is -0.249. The fraction of sp³-hybridized carbons (Fsp3) is 1.00. The van der Waals surface area contributed by atoms with Gasteiger partial charge in [0.1, 0.15) is 0 Å². The molecule has 1 fully saturated rings. The van der Waals surface area contributed by atoms with E-state index in [9.17, 15) is 8.42 Å². The highest BCUT2D eigenvalue weighted by Gasteiger charge is 2.31. The normalized spacial score (nSPS) is 22.1. The van der Waals surface area contributed by atoms with Gasteiger partial charge in [-0.2, -0.15) is 0 Å². The predicted molar refractivity (Wildman–Crippen MR) is 76.1 cm³/mol. The van der Waals surface area contributed by atoms with Crippen molar-refractivity contribution in [2.45, 2.75) is 58.4 Å². The van der Waals surface area contributed by atoms with Gasteiger partial charge >= 0.3 is 0 Å². The van der Waals surface area contributed by atoms with Crippen molar-refractivity contribution in [3.63, 3.8) is 0 Å². The van der Waals surface area contributed by atoms with Crippen molar-refractivity contribution in [1.29, 1.82) is 0 Å². The molecule has 0 bridgehead atoms. The Kier molecular flexibility index (Phi) is 6.08. The van der Waals surface area contributed by atoms with Crippen molar-refractivity contribution in [2.24, 2.45) is 5.92 Å². The maximum Gasteiger partial charge on any atom is 0.212 e. The molecule has 0 aliphatic carbocycles. The molecule has 1 saturated heterocycles. The first kappa shape index (κ1) is 15.9. The van der Waals surface area contributed by atoms with Crippen LogP contribution < -0.4 is 10.0 Å². The second-order valence-corrected chi connectivity index (χ2v) is 7.20. The second-order valence-electron chi connectivity index (χ2n) is 5.44. The molecule has 1 aliphatic heterocycles. The first-order chi connectivity index (χ1) is 8.47. The summed E-state index contributed by atoms with van der Waals surface area (Å²) in [6, 6.07) is 0. The van der Waals surface area contributed by atoms with Crippen molar-refractivity contribution in [2.75, 3.05) is 18.8 Å². The summed E-state index contributed by atoms with van der Waals surface area (Å²) in [4.78, 5) is 0. The van der Waals surface area contributed by atoms with Crippen molar-refractivity contribution < 1.29 is 8.42 Å². The van der Waals surface area contributed by atoms with Crippen LogP contribution in [0.1, 0.15) is 52.9 Å². The van der Waals surface area contributed by atoms with Gasteiger partial charge in [0.25, 0.3) is 0 Å². The van der Waals surface area contributed by atoms with Gasteiger partial charge in [-0.1, -0.05) is 20.8 Å². The van der Waals surface area contributed by atoms with Crippen LogP contribution in [0, 0.1) is 5.92 Å². The van der Waals surface area contributed by atoms with Gasteiger partial charge < -0.3 is 5.32 Å². The molecule has 1 heterocycles. The van der Waals surface area contributed by atoms with Crippen LogP contribution in [-0.4, -0.2) is 32.8 Å². The number of rotatable bonds is 7. The lowest BCUT2D eigenvalue weighted by molar-refractivity contribution is 0.337. The molecule has 18 heavy (non-hydrogen) atoms. The van der Waals surface area contributed by atoms with E-state index in [-0.39, 0.29) is 17.2 Å². The highest BCUT2D eigenvalue weighted by molar-refractivity contribution is 7.89. The summed E-state index contributed by atoms with van der Waals surface area (Å²) >= 11 is 0. The zero-order valence-electron chi connectivity index (χ0n) is 12.0. The fourth-order valence-electron chi connectivity index (χ4n) is 2.71. The molecule has 2 N–H and O–H groups in total. The molecule has 0 aromatic rings. The molecular formula is C13H28N2O2S. The Morgan fingerprint density at radius 3 is 2.28 bits per heavy atom. The van der Waals surface area contributed by atoms with Crippen LogP contribution in [0.2, 0.25) is 0 Å². The van der Waals surface area contributed by atoms with Crippen LogP contribution in [-0.2, 0) is 10.0 Å². The third-order valence-corrected chi connectivity index (χ3v) is 5.91. The van der Waals surface area contributed by atoms with E-state index in [0.717, 1.165) is 45.2 Å². The molecule has 4 nitrogen and oxygen atoms in total. The molecular weight excluding hydrogens is 248 g/mol. The minimum absolute atomic E-state index is 0.249. The molecule has 1 unspecified atom stereocenters. The zero-order chi connectivity index (χ0) is 13.6. The third kappa shape index (κ3) is 4.52. The molecule has 1 atom stereocenters. The first-order valence-corrected chi connectivity index (χ1v) is 8.84. The summed E-state index contributed by atoms with van der Waals surface area (Å²) in [5.74, 6) is 0.529. The number of hydrogen-bond acceptors (Lipinski definition) is 3. The van der Waals surface area contributed by atoms with Gasteiger partial charge in [0.2, 0.25) is 10.0 Å². The second kappa shape index (κ2) is 6.87. The zero-order valence-corrected chi connectivity index (χ0v) is 12.8. The van der Waals surface area contributed by atoms with E-state index >= 15 is 0 Å². The van der Waals surface area contributed by atoms with E-state index in [2.05, 4.69) is 30.8 Å². The van der Waals surface area contributed by atoms with E-state index in [4.69, 9.17) is 0 Å². The molecule has 5 heteroatoms. The molecule has 0 amide bonds. The summed E-state index contributed by atoms with van der Waals surface area (Å²) in [5, 5.41) is 3.27. The largest absolute Gasteiger partial charge is 0.316 e. The van der Waals surface area contributed by atoms with Gasteiger partial charge in [0, 0.05) is 5.54 Å². The maximum absolute atomic E-state index is 12.3. The average Bonchev–Trinajstić information content (AvgIpc) is 2.37. The van der Waals surface area contributed by atoms with Crippen molar-refractivity contribution in [3.8, 4) is 0 Å². The fourth-order valence-corrected chi connectivity index (χ4v) is 4.80. The van der Waals surface area contributed by atoms with Gasteiger partial charge in [0.05, 0.1) is 5.75 Å². The SMILES string of the molecule is CCC(CC)(CC)NS(=O)(=O)CC1CCCNC1. The Morgan fingerprint density at radius 2 is 1.83 bits per heavy atom. The summed E-state index contributed by atoms with van der Waals surface area (Å²) in [7, 11) is -3.17. The lowest BCUT2D eigenvalue weighted by atomic mass is 9.91. The first-order valence-electron chi connectivity index (χ1n) is 7.19. The molecule has 0 radical (unpaired) electrons. The van der Waals surface area contributed by atoms with Crippen LogP contribution in [0.4, 0.5) is 0 Å². The number of nitrogens with one attached hydrogen (secondary N) is 2. The number of hydrogen-bond donors (Lipinski definition) is 2. The van der Waals surface area contributed by atoms with Gasteiger partial charge in [-0.15, -0.1) is 0 Å². The van der Waals surface area contributed by atoms with E-state index in [0.29, 0.717) is 0 Å². The minimum atomic E-state index is -3.17. The van der Waals surface area contributed by atoms with Gasteiger partial charge in [-0.3, -0.25) is 0 Å². The van der Waals surface area contributed by atoms with Crippen LogP contribution in [0.15, 0.2) is 0 Å². The highest BCUT2D eigenvalue weighted by atomic mass is 32.2. The van der Waals surface area contributed by atoms with E-state index in [1.54, 1.807) is 0 Å². The topological polar surface area (TPSA) is 58.2 Å². The molecule has 0 saturated carbocycles. The minimum Gasteiger partial charge on any atom is -0.316 e. The average molecular weight is 276 g/mol. The lowest BCUT2D eigenvalue weighted by Crippen LogP contribution is -2.49. The predicted octanol–water partition coefficient (Wildman–Crippen LogP) is 1.87. The lowest BCUT2D eigenvalue weighted by Gasteiger charge is -2.32. The summed E-state index contributed by atoms with van der Waals surface area (Å²) < 4.78 is 27.5. The van der Waals surface area contributed by atoms with Crippen LogP contribution in [0.3, 0.4) is 0 Å². The molecule has 0 aromatic carbocycles. The molecule has 1 rings (SSSR count). The maximum atomic E-state index is 12.3. The molecule has 108 valence electrons. The van der Waals surface area contributed by atoms with Crippen molar-refractivity contribution in [1.82, 2.24) is 10.0 Å². The molecule has 0 spiro atoms. The van der Waals surface area contributed by atoms with Crippen LogP contribution in [0.25, 0.3) is 0 Å². The van der Waals surface area contributed by atoms with Crippen LogP contribution in [0.5, 0.6) is 0 Å². The van der Waals surface area contributed by atoms with E-state index in [1.807, 2.05) is 0 Å². The third-order valence-electron chi connectivity index (χ3n) is 4.26. The quantitative estimate of drug-likeness (QED) is 0.746. The van der Waals surface area contributed by atoms with E-state index in [1.165, 1.54) is 0 Å². The van der Waals surface area contributed by atoms with Gasteiger partial charge in [-0.25, -0.2) is 13.1 Å². The highest BCUT2D eigenvalue weighted by Crippen LogP contribution is 2.22. The van der Waals surface area contributed by atoms with Gasteiger partial charge in [0.15, 0.2) is 0 Å².